The van der Waals surface area contributed by atoms with Crippen molar-refractivity contribution in [3.63, 3.8) is 0 Å². The van der Waals surface area contributed by atoms with Crippen molar-refractivity contribution in [1.29, 1.82) is 0 Å². The molecule has 2 aromatic rings. The maximum atomic E-state index is 13.4. The number of esters is 1. The third-order valence-electron chi connectivity index (χ3n) is 5.66. The number of ether oxygens (including phenoxy) is 2. The van der Waals surface area contributed by atoms with Gasteiger partial charge in [0.1, 0.15) is 30.3 Å². The predicted octanol–water partition coefficient (Wildman–Crippen LogP) is 2.89. The predicted molar refractivity (Wildman–Crippen MR) is 152 cm³/mol. The number of primary amides is 1. The van der Waals surface area contributed by atoms with Crippen molar-refractivity contribution >= 4 is 29.8 Å². The molecule has 0 bridgehead atoms. The van der Waals surface area contributed by atoms with E-state index < -0.39 is 59.9 Å². The summed E-state index contributed by atoms with van der Waals surface area (Å²) in [6.07, 6.45) is -1.12. The molecule has 0 aromatic heterocycles. The number of rotatable bonds is 13. The van der Waals surface area contributed by atoms with Crippen molar-refractivity contribution in [1.82, 2.24) is 16.0 Å². The van der Waals surface area contributed by atoms with Crippen molar-refractivity contribution in [3.8, 4) is 0 Å². The van der Waals surface area contributed by atoms with Gasteiger partial charge in [0.25, 0.3) is 0 Å². The molecule has 2 rings (SSSR count). The molecule has 0 heterocycles. The van der Waals surface area contributed by atoms with Crippen LogP contribution < -0.4 is 21.7 Å². The molecule has 0 aliphatic rings. The Morgan fingerprint density at radius 1 is 0.805 bits per heavy atom. The Labute approximate surface area is 240 Å². The largest absolute Gasteiger partial charge is 0.460 e. The second-order valence-electron chi connectivity index (χ2n) is 11.0. The van der Waals surface area contributed by atoms with Crippen LogP contribution in [0.15, 0.2) is 60.7 Å². The molecule has 0 unspecified atom stereocenters. The third-order valence-corrected chi connectivity index (χ3v) is 5.66. The van der Waals surface area contributed by atoms with Gasteiger partial charge in [-0.15, -0.1) is 0 Å². The Morgan fingerprint density at radius 2 is 1.37 bits per heavy atom. The van der Waals surface area contributed by atoms with Gasteiger partial charge in [-0.25, -0.2) is 4.79 Å². The minimum atomic E-state index is -1.43. The van der Waals surface area contributed by atoms with Crippen LogP contribution in [0, 0.1) is 5.92 Å². The Balaban J connectivity index is 2.21. The van der Waals surface area contributed by atoms with Gasteiger partial charge in [-0.05, 0) is 44.2 Å². The summed E-state index contributed by atoms with van der Waals surface area (Å²) in [4.78, 5) is 64.0. The van der Waals surface area contributed by atoms with E-state index in [1.807, 2.05) is 32.0 Å². The Morgan fingerprint density at radius 3 is 1.90 bits per heavy atom. The molecule has 11 heteroatoms. The number of alkyl carbamates (subject to hydrolysis) is 1. The highest BCUT2D eigenvalue weighted by Gasteiger charge is 2.33. The minimum Gasteiger partial charge on any atom is -0.460 e. The molecule has 4 amide bonds. The first-order chi connectivity index (χ1) is 19.2. The van der Waals surface area contributed by atoms with Crippen molar-refractivity contribution < 1.29 is 33.4 Å². The van der Waals surface area contributed by atoms with Gasteiger partial charge in [0.2, 0.25) is 17.7 Å². The number of benzene rings is 2. The first kappa shape index (κ1) is 32.8. The monoisotopic (exact) mass is 568 g/mol. The third kappa shape index (κ3) is 12.1. The first-order valence-corrected chi connectivity index (χ1v) is 13.4. The molecular weight excluding hydrogens is 528 g/mol. The summed E-state index contributed by atoms with van der Waals surface area (Å²) < 4.78 is 10.6. The van der Waals surface area contributed by atoms with E-state index in [4.69, 9.17) is 15.2 Å². The van der Waals surface area contributed by atoms with E-state index >= 15 is 0 Å². The number of amides is 4. The molecule has 0 spiro atoms. The zero-order valence-electron chi connectivity index (χ0n) is 24.1. The number of carbonyl (C=O) groups excluding carboxylic acids is 5. The van der Waals surface area contributed by atoms with E-state index in [1.165, 1.54) is 0 Å². The summed E-state index contributed by atoms with van der Waals surface area (Å²) >= 11 is 0. The van der Waals surface area contributed by atoms with Crippen LogP contribution in [0.5, 0.6) is 0 Å². The molecular formula is C30H40N4O7. The molecule has 0 fully saturated rings. The fourth-order valence-corrected chi connectivity index (χ4v) is 3.85. The molecule has 0 aliphatic carbocycles. The molecule has 0 saturated heterocycles. The lowest BCUT2D eigenvalue weighted by Crippen LogP contribution is -2.55. The molecule has 5 N–H and O–H groups in total. The van der Waals surface area contributed by atoms with Crippen molar-refractivity contribution in [2.24, 2.45) is 11.7 Å². The fourth-order valence-electron chi connectivity index (χ4n) is 3.85. The summed E-state index contributed by atoms with van der Waals surface area (Å²) in [6, 6.07) is 13.6. The van der Waals surface area contributed by atoms with Crippen LogP contribution in [0.3, 0.4) is 0 Å². The molecule has 2 aromatic carbocycles. The van der Waals surface area contributed by atoms with Gasteiger partial charge in [0.15, 0.2) is 0 Å². The van der Waals surface area contributed by atoms with Crippen LogP contribution >= 0.6 is 0 Å². The molecule has 222 valence electrons. The lowest BCUT2D eigenvalue weighted by molar-refractivity contribution is -0.156. The summed E-state index contributed by atoms with van der Waals surface area (Å²) in [5.41, 5.74) is 5.89. The van der Waals surface area contributed by atoms with E-state index in [1.54, 1.807) is 63.2 Å². The highest BCUT2D eigenvalue weighted by molar-refractivity contribution is 5.95. The summed E-state index contributed by atoms with van der Waals surface area (Å²) in [6.45, 7) is 8.72. The van der Waals surface area contributed by atoms with Crippen molar-refractivity contribution in [3.05, 3.63) is 71.8 Å². The highest BCUT2D eigenvalue weighted by Crippen LogP contribution is 2.15. The molecule has 11 nitrogen and oxygen atoms in total. The zero-order chi connectivity index (χ0) is 30.6. The first-order valence-electron chi connectivity index (χ1n) is 13.4. The van der Waals surface area contributed by atoms with Gasteiger partial charge in [0, 0.05) is 0 Å². The summed E-state index contributed by atoms with van der Waals surface area (Å²) in [7, 11) is 0. The quantitative estimate of drug-likeness (QED) is 0.270. The van der Waals surface area contributed by atoms with Gasteiger partial charge >= 0.3 is 12.1 Å². The SMILES string of the molecule is CC(C)C[C@H](NC(=O)OCc1ccccc1)C(=O)N[C@@H](CC(=O)OC(C)(C)C)C(=O)N[C@@H](C(N)=O)c1ccccc1. The lowest BCUT2D eigenvalue weighted by atomic mass is 10.0. The molecule has 0 radical (unpaired) electrons. The lowest BCUT2D eigenvalue weighted by Gasteiger charge is -2.26. The Kier molecular flexibility index (Phi) is 12.3. The summed E-state index contributed by atoms with van der Waals surface area (Å²) in [5, 5.41) is 7.60. The normalized spacial score (nSPS) is 13.3. The topological polar surface area (TPSA) is 166 Å². The van der Waals surface area contributed by atoms with Gasteiger partial charge < -0.3 is 31.2 Å². The number of nitrogens with one attached hydrogen (secondary N) is 3. The van der Waals surface area contributed by atoms with Crippen LogP contribution in [-0.4, -0.2) is 47.5 Å². The Hall–Kier alpha value is -4.41. The van der Waals surface area contributed by atoms with Crippen LogP contribution in [0.1, 0.15) is 64.6 Å². The van der Waals surface area contributed by atoms with Crippen molar-refractivity contribution in [2.75, 3.05) is 0 Å². The van der Waals surface area contributed by atoms with Crippen LogP contribution in [0.25, 0.3) is 0 Å². The van der Waals surface area contributed by atoms with E-state index in [-0.39, 0.29) is 18.9 Å². The average Bonchev–Trinajstić information content (AvgIpc) is 2.89. The molecule has 0 saturated carbocycles. The van der Waals surface area contributed by atoms with E-state index in [0.717, 1.165) is 5.56 Å². The Bertz CT molecular complexity index is 1180. The maximum Gasteiger partial charge on any atom is 0.408 e. The van der Waals surface area contributed by atoms with Crippen LogP contribution in [0.4, 0.5) is 4.79 Å². The number of carbonyl (C=O) groups is 5. The average molecular weight is 569 g/mol. The van der Waals surface area contributed by atoms with Crippen LogP contribution in [-0.2, 0) is 35.3 Å². The highest BCUT2D eigenvalue weighted by atomic mass is 16.6. The second kappa shape index (κ2) is 15.4. The number of hydrogen-bond donors (Lipinski definition) is 4. The standard InChI is InChI=1S/C30H40N4O7/c1-19(2)16-22(33-29(39)40-18-20-12-8-6-9-13-20)27(37)32-23(17-24(35)41-30(3,4)5)28(38)34-25(26(31)36)21-14-10-7-11-15-21/h6-15,19,22-23,25H,16-18H2,1-5H3,(H2,31,36)(H,32,37)(H,33,39)(H,34,38)/t22-,23-,25+/m0/s1. The van der Waals surface area contributed by atoms with Gasteiger partial charge in [-0.3, -0.25) is 19.2 Å². The second-order valence-corrected chi connectivity index (χ2v) is 11.0. The number of hydrogen-bond acceptors (Lipinski definition) is 7. The van der Waals surface area contributed by atoms with E-state index in [0.29, 0.717) is 5.56 Å². The van der Waals surface area contributed by atoms with E-state index in [2.05, 4.69) is 16.0 Å². The minimum absolute atomic E-state index is 0.000355. The maximum absolute atomic E-state index is 13.4. The smallest absolute Gasteiger partial charge is 0.408 e. The van der Waals surface area contributed by atoms with Gasteiger partial charge in [0.05, 0.1) is 6.42 Å². The van der Waals surface area contributed by atoms with Crippen LogP contribution in [0.2, 0.25) is 0 Å². The fraction of sp³-hybridized carbons (Fsp3) is 0.433. The molecule has 3 atom stereocenters. The summed E-state index contributed by atoms with van der Waals surface area (Å²) in [5.74, 6) is -3.13. The van der Waals surface area contributed by atoms with Crippen molar-refractivity contribution in [2.45, 2.75) is 77.8 Å². The van der Waals surface area contributed by atoms with Gasteiger partial charge in [-0.2, -0.15) is 0 Å². The van der Waals surface area contributed by atoms with Gasteiger partial charge in [-0.1, -0.05) is 74.5 Å². The zero-order valence-corrected chi connectivity index (χ0v) is 24.1. The van der Waals surface area contributed by atoms with E-state index in [9.17, 15) is 24.0 Å². The molecule has 41 heavy (non-hydrogen) atoms. The molecule has 0 aliphatic heterocycles. The number of nitrogens with two attached hydrogens (primary N) is 1.